The maximum Gasteiger partial charge on any atom is 0.0735 e. The summed E-state index contributed by atoms with van der Waals surface area (Å²) in [5.41, 5.74) is 1.06. The van der Waals surface area contributed by atoms with Crippen LogP contribution >= 0.6 is 79.6 Å². The minimum atomic E-state index is 0.547. The van der Waals surface area contributed by atoms with E-state index in [9.17, 15) is 0 Å². The van der Waals surface area contributed by atoms with Crippen LogP contribution in [0.2, 0.25) is 0 Å². The van der Waals surface area contributed by atoms with Gasteiger partial charge in [0.1, 0.15) is 0 Å². The van der Waals surface area contributed by atoms with Gasteiger partial charge >= 0.3 is 0 Å². The largest absolute Gasteiger partial charge is 0.380 e. The van der Waals surface area contributed by atoms with Crippen LogP contribution in [0.1, 0.15) is 5.56 Å². The van der Waals surface area contributed by atoms with Gasteiger partial charge in [-0.1, -0.05) is 0 Å². The Morgan fingerprint density at radius 1 is 0.786 bits per heavy atom. The molecule has 0 aliphatic rings. The van der Waals surface area contributed by atoms with Crippen LogP contribution in [0.15, 0.2) is 22.4 Å². The molecule has 0 heterocycles. The molecule has 1 aromatic carbocycles. The molecular formula is C8H5Br5O. The van der Waals surface area contributed by atoms with Crippen molar-refractivity contribution in [1.29, 1.82) is 0 Å². The van der Waals surface area contributed by atoms with Crippen molar-refractivity contribution in [2.24, 2.45) is 0 Å². The molecular weight excluding hydrogens is 512 g/mol. The van der Waals surface area contributed by atoms with E-state index in [1.54, 1.807) is 7.11 Å². The first kappa shape index (κ1) is 13.6. The molecule has 0 radical (unpaired) electrons. The summed E-state index contributed by atoms with van der Waals surface area (Å²) in [6, 6.07) is 0. The maximum atomic E-state index is 5.12. The van der Waals surface area contributed by atoms with E-state index in [1.807, 2.05) is 0 Å². The minimum absolute atomic E-state index is 0.547. The molecule has 0 aromatic heterocycles. The van der Waals surface area contributed by atoms with Gasteiger partial charge in [0.15, 0.2) is 0 Å². The average molecular weight is 517 g/mol. The van der Waals surface area contributed by atoms with Gasteiger partial charge in [0.2, 0.25) is 0 Å². The highest BCUT2D eigenvalue weighted by molar-refractivity contribution is 9.15. The van der Waals surface area contributed by atoms with E-state index in [0.717, 1.165) is 27.9 Å². The van der Waals surface area contributed by atoms with Crippen molar-refractivity contribution < 1.29 is 4.74 Å². The van der Waals surface area contributed by atoms with Gasteiger partial charge in [-0.05, 0) is 79.6 Å². The predicted octanol–water partition coefficient (Wildman–Crippen LogP) is 5.65. The Kier molecular flexibility index (Phi) is 5.63. The van der Waals surface area contributed by atoms with Gasteiger partial charge in [0.25, 0.3) is 0 Å². The molecule has 0 spiro atoms. The molecule has 0 unspecified atom stereocenters. The highest BCUT2D eigenvalue weighted by Crippen LogP contribution is 2.44. The van der Waals surface area contributed by atoms with Crippen molar-refractivity contribution >= 4 is 79.6 Å². The highest BCUT2D eigenvalue weighted by Gasteiger charge is 2.16. The Hall–Kier alpha value is 1.58. The summed E-state index contributed by atoms with van der Waals surface area (Å²) in [7, 11) is 1.67. The predicted molar refractivity (Wildman–Crippen MR) is 75.7 cm³/mol. The molecule has 78 valence electrons. The molecule has 0 bridgehead atoms. The smallest absolute Gasteiger partial charge is 0.0735 e. The molecule has 14 heavy (non-hydrogen) atoms. The van der Waals surface area contributed by atoms with Gasteiger partial charge in [-0.3, -0.25) is 0 Å². The summed E-state index contributed by atoms with van der Waals surface area (Å²) in [4.78, 5) is 0. The number of methoxy groups -OCH3 is 1. The van der Waals surface area contributed by atoms with Gasteiger partial charge in [-0.2, -0.15) is 0 Å². The van der Waals surface area contributed by atoms with Crippen LogP contribution in [0.4, 0.5) is 0 Å². The summed E-state index contributed by atoms with van der Waals surface area (Å²) >= 11 is 17.5. The fourth-order valence-electron chi connectivity index (χ4n) is 0.921. The van der Waals surface area contributed by atoms with Crippen LogP contribution < -0.4 is 0 Å². The fraction of sp³-hybridized carbons (Fsp3) is 0.250. The summed E-state index contributed by atoms with van der Waals surface area (Å²) in [5, 5.41) is 0. The highest BCUT2D eigenvalue weighted by atomic mass is 79.9. The lowest BCUT2D eigenvalue weighted by atomic mass is 10.2. The van der Waals surface area contributed by atoms with Crippen LogP contribution in [-0.2, 0) is 11.3 Å². The van der Waals surface area contributed by atoms with Crippen molar-refractivity contribution in [3.05, 3.63) is 27.9 Å². The number of benzene rings is 1. The molecule has 0 aliphatic carbocycles. The van der Waals surface area contributed by atoms with E-state index in [-0.39, 0.29) is 0 Å². The molecule has 0 N–H and O–H groups in total. The standard InChI is InChI=1S/C8H5Br5O/c1-14-2-3-4(9)6(11)8(13)7(12)5(3)10/h2H2,1H3. The third-order valence-electron chi connectivity index (χ3n) is 1.59. The fourth-order valence-corrected chi connectivity index (χ4v) is 4.28. The molecule has 0 aliphatic heterocycles. The topological polar surface area (TPSA) is 9.23 Å². The molecule has 0 fully saturated rings. The van der Waals surface area contributed by atoms with E-state index < -0.39 is 0 Å². The molecule has 0 saturated carbocycles. The van der Waals surface area contributed by atoms with Gasteiger partial charge in [0, 0.05) is 35.0 Å². The van der Waals surface area contributed by atoms with Crippen LogP contribution in [0.25, 0.3) is 0 Å². The van der Waals surface area contributed by atoms with Crippen molar-refractivity contribution in [2.45, 2.75) is 6.61 Å². The molecule has 0 saturated heterocycles. The minimum Gasteiger partial charge on any atom is -0.380 e. The van der Waals surface area contributed by atoms with Crippen LogP contribution in [0, 0.1) is 0 Å². The molecule has 0 amide bonds. The molecule has 6 heteroatoms. The molecule has 1 nitrogen and oxygen atoms in total. The first-order chi connectivity index (χ1) is 6.50. The van der Waals surface area contributed by atoms with Gasteiger partial charge in [-0.25, -0.2) is 0 Å². The second kappa shape index (κ2) is 5.77. The van der Waals surface area contributed by atoms with E-state index >= 15 is 0 Å². The monoisotopic (exact) mass is 512 g/mol. The Bertz CT molecular complexity index is 334. The van der Waals surface area contributed by atoms with Crippen molar-refractivity contribution in [3.8, 4) is 0 Å². The first-order valence-corrected chi connectivity index (χ1v) is 7.46. The van der Waals surface area contributed by atoms with Crippen molar-refractivity contribution in [1.82, 2.24) is 0 Å². The lowest BCUT2D eigenvalue weighted by Gasteiger charge is -2.12. The van der Waals surface area contributed by atoms with E-state index in [1.165, 1.54) is 0 Å². The number of ether oxygens (including phenoxy) is 1. The van der Waals surface area contributed by atoms with Crippen LogP contribution in [0.5, 0.6) is 0 Å². The third kappa shape index (κ3) is 2.63. The summed E-state index contributed by atoms with van der Waals surface area (Å²) in [5.74, 6) is 0. The van der Waals surface area contributed by atoms with Gasteiger partial charge < -0.3 is 4.74 Å². The third-order valence-corrected chi connectivity index (χ3v) is 7.85. The Morgan fingerprint density at radius 2 is 1.14 bits per heavy atom. The Labute approximate surface area is 125 Å². The van der Waals surface area contributed by atoms with Gasteiger partial charge in [0.05, 0.1) is 6.61 Å². The van der Waals surface area contributed by atoms with Crippen molar-refractivity contribution in [2.75, 3.05) is 7.11 Å². The Balaban J connectivity index is 3.43. The van der Waals surface area contributed by atoms with Crippen molar-refractivity contribution in [3.63, 3.8) is 0 Å². The van der Waals surface area contributed by atoms with Crippen LogP contribution in [-0.4, -0.2) is 7.11 Å². The number of halogens is 5. The summed E-state index contributed by atoms with van der Waals surface area (Å²) in [6.07, 6.45) is 0. The normalized spacial score (nSPS) is 10.7. The average Bonchev–Trinajstić information content (AvgIpc) is 2.19. The number of hydrogen-bond acceptors (Lipinski definition) is 1. The Morgan fingerprint density at radius 3 is 1.50 bits per heavy atom. The second-order valence-electron chi connectivity index (χ2n) is 2.48. The van der Waals surface area contributed by atoms with E-state index in [2.05, 4.69) is 79.6 Å². The van der Waals surface area contributed by atoms with Gasteiger partial charge in [-0.15, -0.1) is 0 Å². The molecule has 1 aromatic rings. The van der Waals surface area contributed by atoms with Crippen LogP contribution in [0.3, 0.4) is 0 Å². The van der Waals surface area contributed by atoms with E-state index in [4.69, 9.17) is 4.74 Å². The summed E-state index contributed by atoms with van der Waals surface area (Å²) in [6.45, 7) is 0.547. The lowest BCUT2D eigenvalue weighted by Crippen LogP contribution is -1.94. The second-order valence-corrected chi connectivity index (χ2v) is 6.45. The van der Waals surface area contributed by atoms with E-state index in [0.29, 0.717) is 6.61 Å². The number of hydrogen-bond donors (Lipinski definition) is 0. The zero-order valence-corrected chi connectivity index (χ0v) is 14.9. The molecule has 0 atom stereocenters. The number of rotatable bonds is 2. The first-order valence-electron chi connectivity index (χ1n) is 3.50. The SMILES string of the molecule is COCc1c(Br)c(Br)c(Br)c(Br)c1Br. The zero-order chi connectivity index (χ0) is 10.9. The maximum absolute atomic E-state index is 5.12. The molecule has 1 rings (SSSR count). The summed E-state index contributed by atoms with van der Waals surface area (Å²) < 4.78 is 10.0. The quantitative estimate of drug-likeness (QED) is 0.365. The zero-order valence-electron chi connectivity index (χ0n) is 7.01. The lowest BCUT2D eigenvalue weighted by molar-refractivity contribution is 0.183.